The first-order valence-electron chi connectivity index (χ1n) is 9.21. The zero-order valence-electron chi connectivity index (χ0n) is 16.1. The summed E-state index contributed by atoms with van der Waals surface area (Å²) in [6, 6.07) is 13.9. The summed E-state index contributed by atoms with van der Waals surface area (Å²) >= 11 is 0. The van der Waals surface area contributed by atoms with Crippen molar-refractivity contribution in [3.8, 4) is 0 Å². The zero-order valence-corrected chi connectivity index (χ0v) is 16.1. The molecule has 0 bridgehead atoms. The van der Waals surface area contributed by atoms with Crippen LogP contribution in [0.2, 0.25) is 0 Å². The minimum atomic E-state index is -0.0699. The number of carbonyl (C=O) groups excluding carboxylic acids is 2. The highest BCUT2D eigenvalue weighted by atomic mass is 16.2. The molecule has 2 rings (SSSR count). The van der Waals surface area contributed by atoms with Crippen molar-refractivity contribution in [1.29, 1.82) is 0 Å². The van der Waals surface area contributed by atoms with Crippen LogP contribution in [0.5, 0.6) is 0 Å². The lowest BCUT2D eigenvalue weighted by Crippen LogP contribution is -2.32. The Balaban J connectivity index is 2.09. The lowest BCUT2D eigenvalue weighted by molar-refractivity contribution is -0.117. The molecule has 0 radical (unpaired) electrons. The predicted octanol–water partition coefficient (Wildman–Crippen LogP) is 4.50. The Labute approximate surface area is 156 Å². The predicted molar refractivity (Wildman–Crippen MR) is 108 cm³/mol. The molecule has 2 amide bonds. The van der Waals surface area contributed by atoms with Crippen LogP contribution >= 0.6 is 0 Å². The second-order valence-corrected chi connectivity index (χ2v) is 6.47. The van der Waals surface area contributed by atoms with E-state index in [0.29, 0.717) is 6.54 Å². The zero-order chi connectivity index (χ0) is 19.1. The van der Waals surface area contributed by atoms with Gasteiger partial charge in [-0.25, -0.2) is 0 Å². The lowest BCUT2D eigenvalue weighted by Gasteiger charge is -2.22. The summed E-state index contributed by atoms with van der Waals surface area (Å²) < 4.78 is 0. The van der Waals surface area contributed by atoms with Gasteiger partial charge in [-0.15, -0.1) is 0 Å². The van der Waals surface area contributed by atoms with E-state index in [0.717, 1.165) is 40.9 Å². The van der Waals surface area contributed by atoms with Gasteiger partial charge in [-0.05, 0) is 48.6 Å². The maximum absolute atomic E-state index is 12.5. The smallest absolute Gasteiger partial charge is 0.226 e. The fourth-order valence-corrected chi connectivity index (χ4v) is 3.08. The van der Waals surface area contributed by atoms with Gasteiger partial charge in [0, 0.05) is 31.3 Å². The average molecular weight is 352 g/mol. The monoisotopic (exact) mass is 352 g/mol. The molecule has 0 aliphatic rings. The molecule has 0 aliphatic heterocycles. The van der Waals surface area contributed by atoms with Crippen LogP contribution in [0.1, 0.15) is 43.9 Å². The maximum Gasteiger partial charge on any atom is 0.226 e. The molecule has 4 nitrogen and oxygen atoms in total. The second kappa shape index (κ2) is 9.18. The van der Waals surface area contributed by atoms with Crippen LogP contribution < -0.4 is 10.2 Å². The number of nitrogens with zero attached hydrogens (tertiary/aromatic N) is 1. The second-order valence-electron chi connectivity index (χ2n) is 6.47. The molecule has 2 aromatic carbocycles. The van der Waals surface area contributed by atoms with Gasteiger partial charge in [0.2, 0.25) is 11.8 Å². The number of carbonyl (C=O) groups is 2. The molecular weight excluding hydrogens is 324 g/mol. The molecule has 0 heterocycles. The minimum Gasteiger partial charge on any atom is -0.326 e. The molecule has 0 aromatic heterocycles. The molecule has 0 saturated heterocycles. The van der Waals surface area contributed by atoms with Gasteiger partial charge in [0.25, 0.3) is 0 Å². The molecule has 26 heavy (non-hydrogen) atoms. The maximum atomic E-state index is 12.5. The lowest BCUT2D eigenvalue weighted by atomic mass is 10.0. The summed E-state index contributed by atoms with van der Waals surface area (Å²) in [5, 5.41) is 3.06. The molecule has 1 N–H and O–H groups in total. The topological polar surface area (TPSA) is 49.4 Å². The number of anilines is 2. The van der Waals surface area contributed by atoms with Gasteiger partial charge in [0.05, 0.1) is 0 Å². The first kappa shape index (κ1) is 19.7. The largest absolute Gasteiger partial charge is 0.326 e. The number of hydrogen-bond acceptors (Lipinski definition) is 2. The molecule has 138 valence electrons. The molecule has 2 aromatic rings. The highest BCUT2D eigenvalue weighted by Crippen LogP contribution is 2.23. The van der Waals surface area contributed by atoms with Gasteiger partial charge in [0.1, 0.15) is 0 Å². The van der Waals surface area contributed by atoms with Crippen LogP contribution in [0.15, 0.2) is 42.5 Å². The Bertz CT molecular complexity index is 761. The Morgan fingerprint density at radius 2 is 1.62 bits per heavy atom. The first-order valence-corrected chi connectivity index (χ1v) is 9.21. The van der Waals surface area contributed by atoms with Gasteiger partial charge in [0.15, 0.2) is 0 Å². The number of amides is 2. The quantitative estimate of drug-likeness (QED) is 0.797. The average Bonchev–Trinajstić information content (AvgIpc) is 2.61. The number of para-hydroxylation sites is 1. The summed E-state index contributed by atoms with van der Waals surface area (Å²) in [5.74, 6) is -0.133. The summed E-state index contributed by atoms with van der Waals surface area (Å²) in [7, 11) is 0. The summed E-state index contributed by atoms with van der Waals surface area (Å²) in [4.78, 5) is 26.2. The van der Waals surface area contributed by atoms with Crippen molar-refractivity contribution >= 4 is 23.2 Å². The van der Waals surface area contributed by atoms with Crippen molar-refractivity contribution in [3.63, 3.8) is 0 Å². The van der Waals surface area contributed by atoms with E-state index in [1.165, 1.54) is 6.92 Å². The van der Waals surface area contributed by atoms with E-state index in [1.54, 1.807) is 4.90 Å². The molecule has 0 saturated carbocycles. The third-order valence-electron chi connectivity index (χ3n) is 4.52. The number of aryl methyl sites for hydroxylation is 3. The minimum absolute atomic E-state index is 0.0633. The number of benzene rings is 2. The van der Waals surface area contributed by atoms with E-state index in [-0.39, 0.29) is 18.2 Å². The van der Waals surface area contributed by atoms with Gasteiger partial charge < -0.3 is 10.2 Å². The van der Waals surface area contributed by atoms with Gasteiger partial charge in [-0.1, -0.05) is 44.2 Å². The third-order valence-corrected chi connectivity index (χ3v) is 4.52. The summed E-state index contributed by atoms with van der Waals surface area (Å²) in [6.07, 6.45) is 1.99. The van der Waals surface area contributed by atoms with E-state index in [2.05, 4.69) is 19.2 Å². The highest BCUT2D eigenvalue weighted by molar-refractivity contribution is 5.95. The normalized spacial score (nSPS) is 10.5. The van der Waals surface area contributed by atoms with Crippen molar-refractivity contribution in [2.24, 2.45) is 0 Å². The van der Waals surface area contributed by atoms with Gasteiger partial charge in [-0.3, -0.25) is 9.59 Å². The van der Waals surface area contributed by atoms with E-state index in [1.807, 2.05) is 49.4 Å². The Hall–Kier alpha value is -2.62. The van der Waals surface area contributed by atoms with Crippen molar-refractivity contribution in [1.82, 2.24) is 0 Å². The summed E-state index contributed by atoms with van der Waals surface area (Å²) in [6.45, 7) is 8.05. The van der Waals surface area contributed by atoms with E-state index in [9.17, 15) is 9.59 Å². The Morgan fingerprint density at radius 1 is 1.00 bits per heavy atom. The highest BCUT2D eigenvalue weighted by Gasteiger charge is 2.15. The van der Waals surface area contributed by atoms with Crippen LogP contribution in [-0.4, -0.2) is 18.4 Å². The molecule has 0 atom stereocenters. The number of rotatable bonds is 7. The van der Waals surface area contributed by atoms with Crippen molar-refractivity contribution in [2.75, 3.05) is 16.8 Å². The molecular formula is C22H28N2O2. The Kier molecular flexibility index (Phi) is 6.96. The first-order chi connectivity index (χ1) is 12.5. The molecule has 0 unspecified atom stereocenters. The van der Waals surface area contributed by atoms with Crippen LogP contribution in [0, 0.1) is 6.92 Å². The fourth-order valence-electron chi connectivity index (χ4n) is 3.08. The Morgan fingerprint density at radius 3 is 2.15 bits per heavy atom. The van der Waals surface area contributed by atoms with E-state index >= 15 is 0 Å². The van der Waals surface area contributed by atoms with E-state index in [4.69, 9.17) is 0 Å². The van der Waals surface area contributed by atoms with Crippen molar-refractivity contribution in [3.05, 3.63) is 59.2 Å². The van der Waals surface area contributed by atoms with Crippen molar-refractivity contribution in [2.45, 2.75) is 47.0 Å². The van der Waals surface area contributed by atoms with Crippen LogP contribution in [0.25, 0.3) is 0 Å². The third kappa shape index (κ3) is 4.94. The molecule has 0 fully saturated rings. The van der Waals surface area contributed by atoms with Gasteiger partial charge >= 0.3 is 0 Å². The fraction of sp³-hybridized carbons (Fsp3) is 0.364. The SMILES string of the molecule is CCc1cccc(CC)c1NC(=O)CCN(C(C)=O)c1cccc(C)c1. The van der Waals surface area contributed by atoms with Crippen LogP contribution in [-0.2, 0) is 22.4 Å². The molecule has 0 aliphatic carbocycles. The van der Waals surface area contributed by atoms with Crippen molar-refractivity contribution < 1.29 is 9.59 Å². The molecule has 4 heteroatoms. The van der Waals surface area contributed by atoms with E-state index < -0.39 is 0 Å². The van der Waals surface area contributed by atoms with Crippen LogP contribution in [0.3, 0.4) is 0 Å². The standard InChI is InChI=1S/C22H28N2O2/c1-5-18-10-8-11-19(6-2)22(18)23-21(26)13-14-24(17(4)25)20-12-7-9-16(3)15-20/h7-12,15H,5-6,13-14H2,1-4H3,(H,23,26). The number of nitrogens with one attached hydrogen (secondary N) is 1. The number of hydrogen-bond donors (Lipinski definition) is 1. The molecule has 0 spiro atoms. The van der Waals surface area contributed by atoms with Crippen LogP contribution in [0.4, 0.5) is 11.4 Å². The van der Waals surface area contributed by atoms with Gasteiger partial charge in [-0.2, -0.15) is 0 Å². The summed E-state index contributed by atoms with van der Waals surface area (Å²) in [5.41, 5.74) is 5.11.